The van der Waals surface area contributed by atoms with Crippen molar-refractivity contribution >= 4 is 71.5 Å². The molecule has 0 spiro atoms. The lowest BCUT2D eigenvalue weighted by molar-refractivity contribution is 0.0982. The van der Waals surface area contributed by atoms with Crippen LogP contribution in [0.1, 0.15) is 19.8 Å². The molecule has 47 heavy (non-hydrogen) atoms. The molecule has 4 heterocycles. The number of halogens is 1. The average molecular weight is 726 g/mol. The van der Waals surface area contributed by atoms with Crippen molar-refractivity contribution < 1.29 is 13.2 Å². The number of piperidine rings is 1. The smallest absolute Gasteiger partial charge is 0.232 e. The number of anilines is 6. The topological polar surface area (TPSA) is 132 Å². The number of nitrogens with one attached hydrogen (secondary N) is 2. The van der Waals surface area contributed by atoms with Gasteiger partial charge in [0, 0.05) is 82.2 Å². The van der Waals surface area contributed by atoms with E-state index in [-0.39, 0.29) is 6.54 Å². The van der Waals surface area contributed by atoms with Gasteiger partial charge >= 0.3 is 0 Å². The maximum atomic E-state index is 12.8. The third-order valence-corrected chi connectivity index (χ3v) is 10.7. The first-order valence-corrected chi connectivity index (χ1v) is 18.4. The number of aromatic nitrogens is 4. The highest BCUT2D eigenvalue weighted by Crippen LogP contribution is 2.38. The maximum Gasteiger partial charge on any atom is 0.232 e. The fourth-order valence-electron chi connectivity index (χ4n) is 6.35. The van der Waals surface area contributed by atoms with Crippen LogP contribution in [-0.2, 0) is 10.0 Å². The van der Waals surface area contributed by atoms with Gasteiger partial charge in [-0.3, -0.25) is 19.2 Å². The second-order valence-electron chi connectivity index (χ2n) is 11.9. The fraction of sp³-hybridized carbons (Fsp3) is 0.438. The van der Waals surface area contributed by atoms with E-state index in [4.69, 9.17) is 9.72 Å². The number of fused-ring (bicyclic) bond motifs is 1. The summed E-state index contributed by atoms with van der Waals surface area (Å²) in [5.74, 6) is 1.47. The molecule has 2 N–H and O–H groups in total. The number of ether oxygens (including phenoxy) is 1. The second-order valence-corrected chi connectivity index (χ2v) is 14.7. The molecule has 250 valence electrons. The molecule has 2 aliphatic heterocycles. The second kappa shape index (κ2) is 14.1. The van der Waals surface area contributed by atoms with E-state index >= 15 is 0 Å². The number of rotatable bonds is 10. The van der Waals surface area contributed by atoms with Crippen molar-refractivity contribution in [1.82, 2.24) is 29.7 Å². The molecular formula is C32H41BrN10O3S. The Labute approximate surface area is 284 Å². The molecule has 0 bridgehead atoms. The van der Waals surface area contributed by atoms with Gasteiger partial charge in [0.05, 0.1) is 34.7 Å². The van der Waals surface area contributed by atoms with E-state index in [9.17, 15) is 8.42 Å². The highest BCUT2D eigenvalue weighted by atomic mass is 79.9. The van der Waals surface area contributed by atoms with Gasteiger partial charge < -0.3 is 25.2 Å². The van der Waals surface area contributed by atoms with Crippen LogP contribution in [-0.4, -0.2) is 110 Å². The molecular weight excluding hydrogens is 684 g/mol. The molecule has 13 nitrogen and oxygen atoms in total. The van der Waals surface area contributed by atoms with Gasteiger partial charge in [0.15, 0.2) is 0 Å². The van der Waals surface area contributed by atoms with E-state index < -0.39 is 10.0 Å². The normalized spacial score (nSPS) is 16.7. The zero-order chi connectivity index (χ0) is 33.1. The summed E-state index contributed by atoms with van der Waals surface area (Å²) in [6.07, 6.45) is 8.24. The first kappa shape index (κ1) is 33.1. The third-order valence-electron chi connectivity index (χ3n) is 8.86. The van der Waals surface area contributed by atoms with Gasteiger partial charge in [0.25, 0.3) is 0 Å². The standard InChI is InChI=1S/C32H41BrN10O3S/c1-5-43(47(4,44)45)30-27(9-8-26-29(30)35-13-12-34-26)37-31-24(33)21-36-32(39-31)38-25-7-6-23(20-28(25)46-3)41-14-10-22(11-15-41)42-18-16-40(2)17-19-42/h6-9,12-13,20-22H,5,10-11,14-19H2,1-4H3,(H2,36,37,38,39). The summed E-state index contributed by atoms with van der Waals surface area (Å²) in [6.45, 7) is 8.60. The van der Waals surface area contributed by atoms with E-state index in [1.807, 2.05) is 6.07 Å². The molecule has 0 atom stereocenters. The van der Waals surface area contributed by atoms with Gasteiger partial charge in [-0.15, -0.1) is 0 Å². The summed E-state index contributed by atoms with van der Waals surface area (Å²) in [7, 11) is 0.243. The molecule has 0 unspecified atom stereocenters. The Morgan fingerprint density at radius 1 is 0.979 bits per heavy atom. The molecule has 0 radical (unpaired) electrons. The van der Waals surface area contributed by atoms with Crippen molar-refractivity contribution in [1.29, 1.82) is 0 Å². The molecule has 2 aromatic carbocycles. The lowest BCUT2D eigenvalue weighted by atomic mass is 10.0. The molecule has 4 aromatic rings. The van der Waals surface area contributed by atoms with Crippen molar-refractivity contribution in [2.24, 2.45) is 0 Å². The van der Waals surface area contributed by atoms with Gasteiger partial charge in [0.1, 0.15) is 22.8 Å². The summed E-state index contributed by atoms with van der Waals surface area (Å²) < 4.78 is 33.3. The van der Waals surface area contributed by atoms with Gasteiger partial charge in [-0.05, 0) is 67.0 Å². The molecule has 6 rings (SSSR count). The van der Waals surface area contributed by atoms with Crippen LogP contribution in [0, 0.1) is 0 Å². The predicted octanol–water partition coefficient (Wildman–Crippen LogP) is 4.68. The Hall–Kier alpha value is -3.79. The molecule has 2 saturated heterocycles. The van der Waals surface area contributed by atoms with Crippen LogP contribution in [0.25, 0.3) is 11.0 Å². The van der Waals surface area contributed by atoms with E-state index in [2.05, 4.69) is 75.4 Å². The predicted molar refractivity (Wildman–Crippen MR) is 191 cm³/mol. The van der Waals surface area contributed by atoms with Crippen LogP contribution < -0.4 is 24.6 Å². The van der Waals surface area contributed by atoms with Gasteiger partial charge in [-0.2, -0.15) is 4.98 Å². The number of piperazine rings is 1. The van der Waals surface area contributed by atoms with Gasteiger partial charge in [-0.25, -0.2) is 13.4 Å². The van der Waals surface area contributed by atoms with Crippen molar-refractivity contribution in [3.63, 3.8) is 0 Å². The Bertz CT molecular complexity index is 1830. The lowest BCUT2D eigenvalue weighted by Crippen LogP contribution is -2.52. The zero-order valence-electron chi connectivity index (χ0n) is 27.1. The minimum Gasteiger partial charge on any atom is -0.494 e. The quantitative estimate of drug-likeness (QED) is 0.235. The number of benzene rings is 2. The van der Waals surface area contributed by atoms with Crippen molar-refractivity contribution in [3.05, 3.63) is 53.4 Å². The number of hydrogen-bond acceptors (Lipinski definition) is 12. The third kappa shape index (κ3) is 7.37. The summed E-state index contributed by atoms with van der Waals surface area (Å²) in [5.41, 5.74) is 3.80. The average Bonchev–Trinajstić information content (AvgIpc) is 3.07. The largest absolute Gasteiger partial charge is 0.494 e. The highest BCUT2D eigenvalue weighted by molar-refractivity contribution is 9.10. The summed E-state index contributed by atoms with van der Waals surface area (Å²) in [5, 5.41) is 6.60. The first-order chi connectivity index (χ1) is 22.6. The van der Waals surface area contributed by atoms with Crippen LogP contribution in [0.2, 0.25) is 0 Å². The van der Waals surface area contributed by atoms with E-state index in [1.54, 1.807) is 44.8 Å². The van der Waals surface area contributed by atoms with E-state index in [0.717, 1.165) is 63.5 Å². The maximum absolute atomic E-state index is 12.8. The summed E-state index contributed by atoms with van der Waals surface area (Å²) in [4.78, 5) is 25.5. The first-order valence-electron chi connectivity index (χ1n) is 15.8. The number of likely N-dealkylation sites (N-methyl/N-ethyl adjacent to an activating group) is 1. The minimum atomic E-state index is -3.62. The van der Waals surface area contributed by atoms with Crippen LogP contribution in [0.3, 0.4) is 0 Å². The minimum absolute atomic E-state index is 0.213. The number of sulfonamides is 1. The van der Waals surface area contributed by atoms with Crippen LogP contribution >= 0.6 is 15.9 Å². The van der Waals surface area contributed by atoms with Crippen molar-refractivity contribution in [3.8, 4) is 5.75 Å². The Morgan fingerprint density at radius 3 is 2.40 bits per heavy atom. The Kier molecular flexibility index (Phi) is 9.96. The summed E-state index contributed by atoms with van der Waals surface area (Å²) >= 11 is 3.54. The molecule has 0 aliphatic carbocycles. The molecule has 2 aliphatic rings. The molecule has 2 fully saturated rings. The lowest BCUT2D eigenvalue weighted by Gasteiger charge is -2.42. The van der Waals surface area contributed by atoms with Crippen LogP contribution in [0.5, 0.6) is 5.75 Å². The number of hydrogen-bond donors (Lipinski definition) is 2. The van der Waals surface area contributed by atoms with E-state index in [1.165, 1.54) is 10.6 Å². The highest BCUT2D eigenvalue weighted by Gasteiger charge is 2.27. The molecule has 2 aromatic heterocycles. The molecule has 15 heteroatoms. The van der Waals surface area contributed by atoms with Gasteiger partial charge in [0.2, 0.25) is 16.0 Å². The Balaban J connectivity index is 1.20. The van der Waals surface area contributed by atoms with Crippen LogP contribution in [0.4, 0.5) is 34.5 Å². The molecule has 0 saturated carbocycles. The number of nitrogens with zero attached hydrogens (tertiary/aromatic N) is 8. The van der Waals surface area contributed by atoms with Crippen molar-refractivity contribution in [2.75, 3.05) is 86.1 Å². The van der Waals surface area contributed by atoms with Crippen LogP contribution in [0.15, 0.2) is 53.4 Å². The monoisotopic (exact) mass is 724 g/mol. The van der Waals surface area contributed by atoms with E-state index in [0.29, 0.717) is 50.4 Å². The summed E-state index contributed by atoms with van der Waals surface area (Å²) in [6, 6.07) is 10.4. The number of methoxy groups -OCH3 is 1. The van der Waals surface area contributed by atoms with Gasteiger partial charge in [-0.1, -0.05) is 0 Å². The fourth-order valence-corrected chi connectivity index (χ4v) is 7.63. The van der Waals surface area contributed by atoms with Crippen molar-refractivity contribution in [2.45, 2.75) is 25.8 Å². The SMILES string of the molecule is CCN(c1c(Nc2nc(Nc3ccc(N4CCC(N5CCN(C)CC5)CC4)cc3OC)ncc2Br)ccc2nccnc12)S(C)(=O)=O. The Morgan fingerprint density at radius 2 is 1.70 bits per heavy atom. The zero-order valence-corrected chi connectivity index (χ0v) is 29.6. The molecule has 0 amide bonds.